The molecule has 1 aromatic rings. The summed E-state index contributed by atoms with van der Waals surface area (Å²) in [5.41, 5.74) is 6.22. The number of nitrogens with two attached hydrogens (primary N) is 1. The van der Waals surface area contributed by atoms with Gasteiger partial charge in [0.15, 0.2) is 15.6 Å². The molecule has 0 aliphatic heterocycles. The summed E-state index contributed by atoms with van der Waals surface area (Å²) in [4.78, 5) is 11.5. The fourth-order valence-corrected chi connectivity index (χ4v) is 2.32. The van der Waals surface area contributed by atoms with Crippen molar-refractivity contribution in [3.8, 4) is 0 Å². The van der Waals surface area contributed by atoms with Crippen molar-refractivity contribution >= 4 is 15.6 Å². The van der Waals surface area contributed by atoms with Crippen LogP contribution in [0.15, 0.2) is 23.1 Å². The fourth-order valence-electron chi connectivity index (χ4n) is 1.36. The van der Waals surface area contributed by atoms with Gasteiger partial charge in [0.05, 0.1) is 11.4 Å². The van der Waals surface area contributed by atoms with Gasteiger partial charge in [-0.25, -0.2) is 8.42 Å². The van der Waals surface area contributed by atoms with Crippen molar-refractivity contribution in [1.29, 1.82) is 0 Å². The zero-order chi connectivity index (χ0) is 11.6. The topological polar surface area (TPSA) is 77.2 Å². The first-order valence-corrected chi connectivity index (χ1v) is 6.29. The quantitative estimate of drug-likeness (QED) is 0.764. The summed E-state index contributed by atoms with van der Waals surface area (Å²) in [7, 11) is -3.23. The van der Waals surface area contributed by atoms with E-state index in [1.165, 1.54) is 12.1 Å². The van der Waals surface area contributed by atoms with Gasteiger partial charge in [-0.3, -0.25) is 4.79 Å². The lowest BCUT2D eigenvalue weighted by Gasteiger charge is -2.05. The van der Waals surface area contributed by atoms with E-state index in [-0.39, 0.29) is 17.2 Å². The van der Waals surface area contributed by atoms with E-state index in [4.69, 9.17) is 5.73 Å². The molecule has 5 heteroatoms. The standard InChI is InChI=1S/C10H13NO3S/c1-7-5-8(9(12)6-11)3-4-10(7)15(2,13)14/h3-5H,6,11H2,1-2H3. The van der Waals surface area contributed by atoms with Crippen LogP contribution in [0.3, 0.4) is 0 Å². The van der Waals surface area contributed by atoms with Gasteiger partial charge in [-0.05, 0) is 24.6 Å². The summed E-state index contributed by atoms with van der Waals surface area (Å²) in [6, 6.07) is 4.47. The highest BCUT2D eigenvalue weighted by atomic mass is 32.2. The predicted molar refractivity (Wildman–Crippen MR) is 57.7 cm³/mol. The van der Waals surface area contributed by atoms with E-state index in [1.54, 1.807) is 13.0 Å². The average molecular weight is 227 g/mol. The molecule has 0 aromatic heterocycles. The molecule has 0 unspecified atom stereocenters. The minimum atomic E-state index is -3.23. The number of ketones is 1. The molecule has 15 heavy (non-hydrogen) atoms. The number of rotatable bonds is 3. The van der Waals surface area contributed by atoms with Gasteiger partial charge in [-0.15, -0.1) is 0 Å². The number of carbonyl (C=O) groups is 1. The Kier molecular flexibility index (Phi) is 3.26. The molecule has 0 bridgehead atoms. The van der Waals surface area contributed by atoms with Crippen LogP contribution >= 0.6 is 0 Å². The van der Waals surface area contributed by atoms with E-state index >= 15 is 0 Å². The fraction of sp³-hybridized carbons (Fsp3) is 0.300. The molecule has 0 saturated carbocycles. The number of aryl methyl sites for hydroxylation is 1. The predicted octanol–water partition coefficient (Wildman–Crippen LogP) is 0.540. The summed E-state index contributed by atoms with van der Waals surface area (Å²) in [6.45, 7) is 1.58. The van der Waals surface area contributed by atoms with Crippen LogP contribution in [0.4, 0.5) is 0 Å². The number of Topliss-reactive ketones (excluding diaryl/α,β-unsaturated/α-hetero) is 1. The number of carbonyl (C=O) groups excluding carboxylic acids is 1. The molecule has 1 rings (SSSR count). The number of hydrogen-bond donors (Lipinski definition) is 1. The van der Waals surface area contributed by atoms with Gasteiger partial charge in [0.25, 0.3) is 0 Å². The maximum Gasteiger partial charge on any atom is 0.176 e. The van der Waals surface area contributed by atoms with Gasteiger partial charge in [-0.1, -0.05) is 6.07 Å². The average Bonchev–Trinajstić information content (AvgIpc) is 2.14. The lowest BCUT2D eigenvalue weighted by Crippen LogP contribution is -2.14. The molecule has 0 atom stereocenters. The van der Waals surface area contributed by atoms with E-state index < -0.39 is 9.84 Å². The summed E-state index contributed by atoms with van der Waals surface area (Å²) in [5.74, 6) is -0.196. The maximum absolute atomic E-state index is 11.3. The van der Waals surface area contributed by atoms with E-state index in [9.17, 15) is 13.2 Å². The van der Waals surface area contributed by atoms with Gasteiger partial charge in [0.1, 0.15) is 0 Å². The summed E-state index contributed by atoms with van der Waals surface area (Å²) in [5, 5.41) is 0. The largest absolute Gasteiger partial charge is 0.324 e. The summed E-state index contributed by atoms with van der Waals surface area (Å²) in [6.07, 6.45) is 1.14. The molecule has 0 saturated heterocycles. The first kappa shape index (κ1) is 11.9. The van der Waals surface area contributed by atoms with Crippen LogP contribution in [-0.4, -0.2) is 27.0 Å². The Morgan fingerprint density at radius 1 is 1.40 bits per heavy atom. The molecule has 0 spiro atoms. The lowest BCUT2D eigenvalue weighted by molar-refractivity contribution is 0.100. The molecule has 0 heterocycles. The number of sulfone groups is 1. The van der Waals surface area contributed by atoms with Crippen LogP contribution in [-0.2, 0) is 9.84 Å². The maximum atomic E-state index is 11.3. The molecule has 0 radical (unpaired) electrons. The Bertz CT molecular complexity index is 491. The lowest BCUT2D eigenvalue weighted by atomic mass is 10.1. The van der Waals surface area contributed by atoms with Crippen molar-refractivity contribution < 1.29 is 13.2 Å². The first-order valence-electron chi connectivity index (χ1n) is 4.40. The SMILES string of the molecule is Cc1cc(C(=O)CN)ccc1S(C)(=O)=O. The highest BCUT2D eigenvalue weighted by molar-refractivity contribution is 7.90. The third-order valence-corrected chi connectivity index (χ3v) is 3.34. The van der Waals surface area contributed by atoms with Gasteiger partial charge >= 0.3 is 0 Å². The molecule has 2 N–H and O–H groups in total. The molecule has 0 aliphatic rings. The zero-order valence-corrected chi connectivity index (χ0v) is 9.47. The van der Waals surface area contributed by atoms with Crippen molar-refractivity contribution in [2.75, 3.05) is 12.8 Å². The minimum Gasteiger partial charge on any atom is -0.324 e. The third-order valence-electron chi connectivity index (χ3n) is 2.08. The highest BCUT2D eigenvalue weighted by Gasteiger charge is 2.12. The van der Waals surface area contributed by atoms with Crippen LogP contribution in [0.1, 0.15) is 15.9 Å². The number of hydrogen-bond acceptors (Lipinski definition) is 4. The van der Waals surface area contributed by atoms with Crippen molar-refractivity contribution in [1.82, 2.24) is 0 Å². The second-order valence-corrected chi connectivity index (χ2v) is 5.36. The Balaban J connectivity index is 3.27. The molecular weight excluding hydrogens is 214 g/mol. The smallest absolute Gasteiger partial charge is 0.176 e. The Labute approximate surface area is 89.0 Å². The van der Waals surface area contributed by atoms with E-state index in [0.29, 0.717) is 11.1 Å². The molecule has 0 amide bonds. The minimum absolute atomic E-state index is 0.0718. The Morgan fingerprint density at radius 3 is 2.40 bits per heavy atom. The van der Waals surface area contributed by atoms with Gasteiger partial charge in [-0.2, -0.15) is 0 Å². The summed E-state index contributed by atoms with van der Waals surface area (Å²) < 4.78 is 22.6. The van der Waals surface area contributed by atoms with Crippen molar-refractivity contribution in [3.63, 3.8) is 0 Å². The molecule has 0 fully saturated rings. The van der Waals surface area contributed by atoms with Gasteiger partial charge in [0.2, 0.25) is 0 Å². The van der Waals surface area contributed by atoms with Crippen molar-refractivity contribution in [3.05, 3.63) is 29.3 Å². The molecule has 4 nitrogen and oxygen atoms in total. The van der Waals surface area contributed by atoms with Crippen LogP contribution in [0, 0.1) is 6.92 Å². The third kappa shape index (κ3) is 2.64. The Hall–Kier alpha value is -1.20. The normalized spacial score (nSPS) is 11.4. The molecule has 1 aromatic carbocycles. The monoisotopic (exact) mass is 227 g/mol. The van der Waals surface area contributed by atoms with Crippen molar-refractivity contribution in [2.24, 2.45) is 5.73 Å². The van der Waals surface area contributed by atoms with E-state index in [0.717, 1.165) is 6.26 Å². The van der Waals surface area contributed by atoms with Gasteiger partial charge < -0.3 is 5.73 Å². The number of benzene rings is 1. The van der Waals surface area contributed by atoms with Gasteiger partial charge in [0, 0.05) is 11.8 Å². The highest BCUT2D eigenvalue weighted by Crippen LogP contribution is 2.16. The van der Waals surface area contributed by atoms with Crippen LogP contribution in [0.5, 0.6) is 0 Å². The molecule has 0 aliphatic carbocycles. The first-order chi connectivity index (χ1) is 6.86. The Morgan fingerprint density at radius 2 is 2.00 bits per heavy atom. The molecule has 82 valence electrons. The van der Waals surface area contributed by atoms with Crippen LogP contribution in [0.2, 0.25) is 0 Å². The second-order valence-electron chi connectivity index (χ2n) is 3.38. The zero-order valence-electron chi connectivity index (χ0n) is 8.65. The van der Waals surface area contributed by atoms with Crippen LogP contribution in [0.25, 0.3) is 0 Å². The van der Waals surface area contributed by atoms with E-state index in [1.807, 2.05) is 0 Å². The van der Waals surface area contributed by atoms with Crippen LogP contribution < -0.4 is 5.73 Å². The van der Waals surface area contributed by atoms with E-state index in [2.05, 4.69) is 0 Å². The van der Waals surface area contributed by atoms with Crippen molar-refractivity contribution in [2.45, 2.75) is 11.8 Å². The summed E-state index contributed by atoms with van der Waals surface area (Å²) >= 11 is 0. The molecular formula is C10H13NO3S. The second kappa shape index (κ2) is 4.12.